The zero-order valence-corrected chi connectivity index (χ0v) is 14.0. The Bertz CT molecular complexity index is 971. The van der Waals surface area contributed by atoms with Crippen LogP contribution in [0, 0.1) is 0 Å². The molecule has 7 heteroatoms. The Morgan fingerprint density at radius 2 is 1.79 bits per heavy atom. The number of benzene rings is 2. The molecule has 2 aromatic carbocycles. The molecule has 5 nitrogen and oxygen atoms in total. The molecule has 24 heavy (non-hydrogen) atoms. The molecule has 0 atom stereocenters. The topological polar surface area (TPSA) is 71.3 Å². The smallest absolute Gasteiger partial charge is 0.267 e. The number of para-hydroxylation sites is 1. The summed E-state index contributed by atoms with van der Waals surface area (Å²) in [7, 11) is 1.53. The van der Waals surface area contributed by atoms with E-state index < -0.39 is 17.2 Å². The Hall–Kier alpha value is -2.19. The van der Waals surface area contributed by atoms with Crippen LogP contribution < -0.4 is 10.9 Å². The second-order valence-electron chi connectivity index (χ2n) is 5.04. The van der Waals surface area contributed by atoms with E-state index in [1.807, 2.05) is 6.07 Å². The van der Waals surface area contributed by atoms with E-state index in [-0.39, 0.29) is 34.8 Å². The van der Waals surface area contributed by atoms with Crippen molar-refractivity contribution >= 4 is 53.0 Å². The summed E-state index contributed by atoms with van der Waals surface area (Å²) in [5.41, 5.74) is 0.0529. The van der Waals surface area contributed by atoms with Gasteiger partial charge >= 0.3 is 0 Å². The quantitative estimate of drug-likeness (QED) is 0.707. The van der Waals surface area contributed by atoms with Crippen molar-refractivity contribution in [3.8, 4) is 5.75 Å². The van der Waals surface area contributed by atoms with Gasteiger partial charge in [0, 0.05) is 31.6 Å². The van der Waals surface area contributed by atoms with Crippen LogP contribution >= 0.6 is 11.6 Å². The number of nitrogens with one attached hydrogen (secondary N) is 1. The standard InChI is InChI=1S/C17H13ClN2O3.Li/c1-20-12-9-5-8-11(18)13(12)15(21)14(17(20)23)16(22)19-10-6-3-2-4-7-10;/h2-9,21H,1H3,(H,19,22);. The molecule has 0 aliphatic heterocycles. The molecule has 0 saturated heterocycles. The summed E-state index contributed by atoms with van der Waals surface area (Å²) in [6, 6.07) is 13.6. The molecule has 0 unspecified atom stereocenters. The second-order valence-corrected chi connectivity index (χ2v) is 5.45. The van der Waals surface area contributed by atoms with Gasteiger partial charge in [-0.3, -0.25) is 9.59 Å². The van der Waals surface area contributed by atoms with Gasteiger partial charge in [0.25, 0.3) is 11.5 Å². The summed E-state index contributed by atoms with van der Waals surface area (Å²) in [5, 5.41) is 13.6. The first-order valence-electron chi connectivity index (χ1n) is 6.87. The van der Waals surface area contributed by atoms with E-state index in [1.54, 1.807) is 42.5 Å². The molecule has 0 spiro atoms. The molecular formula is C17H13ClLiN2O3. The molecule has 0 aliphatic rings. The summed E-state index contributed by atoms with van der Waals surface area (Å²) in [5.74, 6) is -1.10. The van der Waals surface area contributed by atoms with Gasteiger partial charge in [0.1, 0.15) is 11.3 Å². The third-order valence-electron chi connectivity index (χ3n) is 3.60. The van der Waals surface area contributed by atoms with Crippen molar-refractivity contribution in [2.24, 2.45) is 7.05 Å². The molecule has 0 aliphatic carbocycles. The number of pyridine rings is 1. The van der Waals surface area contributed by atoms with Crippen molar-refractivity contribution in [1.29, 1.82) is 0 Å². The zero-order chi connectivity index (χ0) is 16.6. The number of amides is 1. The first kappa shape index (κ1) is 18.2. The molecule has 3 aromatic rings. The number of aromatic hydroxyl groups is 1. The van der Waals surface area contributed by atoms with E-state index in [2.05, 4.69) is 5.32 Å². The predicted octanol–water partition coefficient (Wildman–Crippen LogP) is 2.77. The number of carbonyl (C=O) groups excluding carboxylic acids is 1. The molecule has 0 fully saturated rings. The van der Waals surface area contributed by atoms with Crippen molar-refractivity contribution in [3.05, 3.63) is 69.5 Å². The molecule has 0 bridgehead atoms. The molecule has 0 saturated carbocycles. The summed E-state index contributed by atoms with van der Waals surface area (Å²) in [6.07, 6.45) is 0. The minimum absolute atomic E-state index is 0. The van der Waals surface area contributed by atoms with Crippen molar-refractivity contribution in [2.75, 3.05) is 5.32 Å². The van der Waals surface area contributed by atoms with Gasteiger partial charge in [-0.05, 0) is 24.3 Å². The van der Waals surface area contributed by atoms with Crippen LogP contribution in [0.25, 0.3) is 10.9 Å². The Labute approximate surface area is 155 Å². The monoisotopic (exact) mass is 335 g/mol. The van der Waals surface area contributed by atoms with Crippen molar-refractivity contribution < 1.29 is 9.90 Å². The number of carbonyl (C=O) groups is 1. The third-order valence-corrected chi connectivity index (χ3v) is 3.92. The number of hydrogen-bond acceptors (Lipinski definition) is 3. The van der Waals surface area contributed by atoms with Crippen molar-refractivity contribution in [3.63, 3.8) is 0 Å². The maximum absolute atomic E-state index is 12.4. The van der Waals surface area contributed by atoms with Gasteiger partial charge in [0.2, 0.25) is 0 Å². The Morgan fingerprint density at radius 1 is 1.12 bits per heavy atom. The SMILES string of the molecule is Cn1c(=O)c(C(=O)Nc2ccccc2)c(O)c2c(Cl)cccc21.[Li]. The fourth-order valence-corrected chi connectivity index (χ4v) is 2.71. The van der Waals surface area contributed by atoms with Crippen molar-refractivity contribution in [1.82, 2.24) is 4.57 Å². The minimum atomic E-state index is -0.684. The van der Waals surface area contributed by atoms with Gasteiger partial charge in [-0.2, -0.15) is 0 Å². The van der Waals surface area contributed by atoms with Crippen molar-refractivity contribution in [2.45, 2.75) is 0 Å². The maximum Gasteiger partial charge on any atom is 0.267 e. The molecule has 1 amide bonds. The third kappa shape index (κ3) is 3.07. The van der Waals surface area contributed by atoms with E-state index in [1.165, 1.54) is 11.6 Å². The number of hydrogen-bond donors (Lipinski definition) is 2. The number of halogens is 1. The molecule has 3 rings (SSSR count). The van der Waals surface area contributed by atoms with Gasteiger partial charge in [-0.25, -0.2) is 0 Å². The van der Waals surface area contributed by atoms with E-state index in [4.69, 9.17) is 11.6 Å². The summed E-state index contributed by atoms with van der Waals surface area (Å²) >= 11 is 6.12. The summed E-state index contributed by atoms with van der Waals surface area (Å²) in [6.45, 7) is 0. The summed E-state index contributed by atoms with van der Waals surface area (Å²) in [4.78, 5) is 24.9. The molecule has 2 N–H and O–H groups in total. The van der Waals surface area contributed by atoms with Gasteiger partial charge in [-0.1, -0.05) is 35.9 Å². The van der Waals surface area contributed by atoms with E-state index >= 15 is 0 Å². The Kier molecular flexibility index (Phi) is 5.40. The number of fused-ring (bicyclic) bond motifs is 1. The summed E-state index contributed by atoms with van der Waals surface area (Å²) < 4.78 is 1.29. The van der Waals surface area contributed by atoms with Crippen LogP contribution in [0.15, 0.2) is 53.3 Å². The molecule has 1 heterocycles. The van der Waals surface area contributed by atoms with Crippen LogP contribution in [0.3, 0.4) is 0 Å². The zero-order valence-electron chi connectivity index (χ0n) is 13.2. The fraction of sp³-hybridized carbons (Fsp3) is 0.0588. The number of anilines is 1. The van der Waals surface area contributed by atoms with Crippen LogP contribution in [-0.2, 0) is 7.05 Å². The minimum Gasteiger partial charge on any atom is -0.506 e. The van der Waals surface area contributed by atoms with Crippen LogP contribution in [0.1, 0.15) is 10.4 Å². The van der Waals surface area contributed by atoms with Crippen LogP contribution in [-0.4, -0.2) is 34.4 Å². The second kappa shape index (κ2) is 7.14. The first-order chi connectivity index (χ1) is 11.0. The Balaban J connectivity index is 0.00000208. The van der Waals surface area contributed by atoms with E-state index in [0.29, 0.717) is 11.2 Å². The maximum atomic E-state index is 12.4. The van der Waals surface area contributed by atoms with Gasteiger partial charge in [0.15, 0.2) is 0 Å². The largest absolute Gasteiger partial charge is 0.506 e. The molecule has 117 valence electrons. The van der Waals surface area contributed by atoms with Crippen LogP contribution in [0.4, 0.5) is 5.69 Å². The molecule has 1 aromatic heterocycles. The number of rotatable bonds is 2. The normalized spacial score (nSPS) is 10.2. The van der Waals surface area contributed by atoms with Crippen LogP contribution in [0.2, 0.25) is 5.02 Å². The van der Waals surface area contributed by atoms with E-state index in [9.17, 15) is 14.7 Å². The number of aromatic nitrogens is 1. The molecular weight excluding hydrogens is 323 g/mol. The van der Waals surface area contributed by atoms with Gasteiger partial charge in [-0.15, -0.1) is 0 Å². The predicted molar refractivity (Wildman–Crippen MR) is 96.0 cm³/mol. The first-order valence-corrected chi connectivity index (χ1v) is 7.25. The van der Waals surface area contributed by atoms with Gasteiger partial charge in [0.05, 0.1) is 15.9 Å². The average molecular weight is 336 g/mol. The van der Waals surface area contributed by atoms with Gasteiger partial charge < -0.3 is 15.0 Å². The van der Waals surface area contributed by atoms with Crippen LogP contribution in [0.5, 0.6) is 5.75 Å². The van der Waals surface area contributed by atoms with E-state index in [0.717, 1.165) is 0 Å². The molecule has 1 radical (unpaired) electrons. The average Bonchev–Trinajstić information content (AvgIpc) is 2.53. The number of aryl methyl sites for hydroxylation is 1. The number of nitrogens with zero attached hydrogens (tertiary/aromatic N) is 1. The fourth-order valence-electron chi connectivity index (χ4n) is 2.45. The Morgan fingerprint density at radius 3 is 2.46 bits per heavy atom.